The van der Waals surface area contributed by atoms with E-state index in [1.165, 1.54) is 10.5 Å². The van der Waals surface area contributed by atoms with Crippen LogP contribution in [0.3, 0.4) is 0 Å². The molecule has 0 unspecified atom stereocenters. The molecule has 0 fully saturated rings. The number of carbonyl (C=O) groups excluding carboxylic acids is 1. The number of thioether (sulfide) groups is 1. The number of hydrogen-bond donors (Lipinski definition) is 1. The van der Waals surface area contributed by atoms with Gasteiger partial charge in [0, 0.05) is 21.4 Å². The van der Waals surface area contributed by atoms with E-state index in [9.17, 15) is 4.79 Å². The molecule has 0 radical (unpaired) electrons. The molecule has 0 aromatic heterocycles. The summed E-state index contributed by atoms with van der Waals surface area (Å²) in [6, 6.07) is 23.5. The van der Waals surface area contributed by atoms with Gasteiger partial charge in [-0.05, 0) is 66.9 Å². The third kappa shape index (κ3) is 6.28. The molecule has 0 aliphatic rings. The minimum absolute atomic E-state index is 0.156. The van der Waals surface area contributed by atoms with Crippen LogP contribution in [0.25, 0.3) is 0 Å². The van der Waals surface area contributed by atoms with Crippen LogP contribution in [-0.4, -0.2) is 12.0 Å². The van der Waals surface area contributed by atoms with E-state index in [0.717, 1.165) is 17.0 Å². The van der Waals surface area contributed by atoms with Crippen LogP contribution in [0.2, 0.25) is 5.02 Å². The Morgan fingerprint density at radius 1 is 1.07 bits per heavy atom. The fraction of sp³-hybridized carbons (Fsp3) is 0.208. The monoisotopic (exact) mass is 425 g/mol. The molecule has 0 spiro atoms. The molecule has 1 amide bonds. The molecule has 3 nitrogen and oxygen atoms in total. The SMILES string of the molecule is CC[C@H](Oc1ccc(Cl)cc1)C(=O)Nc1ccc(CSc2ccccc2)cc1C. The van der Waals surface area contributed by atoms with Crippen molar-refractivity contribution in [3.05, 3.63) is 88.9 Å². The number of carbonyl (C=O) groups is 1. The fourth-order valence-corrected chi connectivity index (χ4v) is 3.84. The molecular weight excluding hydrogens is 402 g/mol. The summed E-state index contributed by atoms with van der Waals surface area (Å²) in [4.78, 5) is 13.9. The summed E-state index contributed by atoms with van der Waals surface area (Å²) in [6.45, 7) is 3.93. The van der Waals surface area contributed by atoms with Crippen LogP contribution in [0.1, 0.15) is 24.5 Å². The summed E-state index contributed by atoms with van der Waals surface area (Å²) in [7, 11) is 0. The first kappa shape index (κ1) is 21.3. The largest absolute Gasteiger partial charge is 0.481 e. The zero-order valence-electron chi connectivity index (χ0n) is 16.5. The Balaban J connectivity index is 1.60. The summed E-state index contributed by atoms with van der Waals surface area (Å²) in [5, 5.41) is 3.63. The van der Waals surface area contributed by atoms with Crippen molar-refractivity contribution in [2.24, 2.45) is 0 Å². The van der Waals surface area contributed by atoms with Gasteiger partial charge in [-0.15, -0.1) is 11.8 Å². The lowest BCUT2D eigenvalue weighted by molar-refractivity contribution is -0.122. The van der Waals surface area contributed by atoms with Crippen molar-refractivity contribution in [3.8, 4) is 5.75 Å². The molecular formula is C24H24ClNO2S. The second-order valence-electron chi connectivity index (χ2n) is 6.71. The van der Waals surface area contributed by atoms with E-state index in [0.29, 0.717) is 17.2 Å². The molecule has 0 heterocycles. The zero-order chi connectivity index (χ0) is 20.6. The zero-order valence-corrected chi connectivity index (χ0v) is 18.1. The van der Waals surface area contributed by atoms with Gasteiger partial charge < -0.3 is 10.1 Å². The van der Waals surface area contributed by atoms with Crippen LogP contribution in [0, 0.1) is 6.92 Å². The Bertz CT molecular complexity index is 945. The standard InChI is InChI=1S/C24H24ClNO2S/c1-3-23(28-20-12-10-19(25)11-13-20)24(27)26-22-14-9-18(15-17(22)2)16-29-21-7-5-4-6-8-21/h4-15,23H,3,16H2,1-2H3,(H,26,27)/t23-/m0/s1. The van der Waals surface area contributed by atoms with E-state index in [-0.39, 0.29) is 5.91 Å². The highest BCUT2D eigenvalue weighted by Gasteiger charge is 2.19. The number of nitrogens with one attached hydrogen (secondary N) is 1. The maximum Gasteiger partial charge on any atom is 0.265 e. The Morgan fingerprint density at radius 2 is 1.79 bits per heavy atom. The number of rotatable bonds is 8. The van der Waals surface area contributed by atoms with E-state index in [4.69, 9.17) is 16.3 Å². The van der Waals surface area contributed by atoms with Gasteiger partial charge in [-0.25, -0.2) is 0 Å². The number of benzene rings is 3. The van der Waals surface area contributed by atoms with Crippen LogP contribution >= 0.6 is 23.4 Å². The summed E-state index contributed by atoms with van der Waals surface area (Å²) in [5.41, 5.74) is 3.06. The maximum absolute atomic E-state index is 12.7. The van der Waals surface area contributed by atoms with Crippen molar-refractivity contribution in [2.45, 2.75) is 37.0 Å². The van der Waals surface area contributed by atoms with E-state index in [1.54, 1.807) is 36.0 Å². The molecule has 0 aliphatic carbocycles. The summed E-state index contributed by atoms with van der Waals surface area (Å²) in [6.07, 6.45) is 0.00291. The lowest BCUT2D eigenvalue weighted by Gasteiger charge is -2.18. The van der Waals surface area contributed by atoms with Crippen molar-refractivity contribution in [1.82, 2.24) is 0 Å². The number of aryl methyl sites for hydroxylation is 1. The predicted molar refractivity (Wildman–Crippen MR) is 122 cm³/mol. The van der Waals surface area contributed by atoms with E-state index < -0.39 is 6.10 Å². The minimum Gasteiger partial charge on any atom is -0.481 e. The van der Waals surface area contributed by atoms with E-state index in [2.05, 4.69) is 29.6 Å². The normalized spacial score (nSPS) is 11.7. The van der Waals surface area contributed by atoms with Crippen molar-refractivity contribution in [1.29, 1.82) is 0 Å². The maximum atomic E-state index is 12.7. The molecule has 1 atom stereocenters. The van der Waals surface area contributed by atoms with Gasteiger partial charge in [-0.2, -0.15) is 0 Å². The quantitative estimate of drug-likeness (QED) is 0.406. The molecule has 1 N–H and O–H groups in total. The van der Waals surface area contributed by atoms with Crippen LogP contribution in [0.15, 0.2) is 77.7 Å². The van der Waals surface area contributed by atoms with Gasteiger partial charge >= 0.3 is 0 Å². The average molecular weight is 426 g/mol. The number of halogens is 1. The van der Waals surface area contributed by atoms with Crippen molar-refractivity contribution >= 4 is 35.0 Å². The first-order valence-electron chi connectivity index (χ1n) is 9.55. The average Bonchev–Trinajstić information content (AvgIpc) is 2.74. The van der Waals surface area contributed by atoms with Gasteiger partial charge in [0.2, 0.25) is 0 Å². The molecule has 3 aromatic rings. The molecule has 3 rings (SSSR count). The molecule has 0 aliphatic heterocycles. The van der Waals surface area contributed by atoms with Crippen LogP contribution in [-0.2, 0) is 10.5 Å². The highest BCUT2D eigenvalue weighted by molar-refractivity contribution is 7.98. The topological polar surface area (TPSA) is 38.3 Å². The minimum atomic E-state index is -0.566. The number of amides is 1. The summed E-state index contributed by atoms with van der Waals surface area (Å²) in [5.74, 6) is 1.36. The van der Waals surface area contributed by atoms with Gasteiger partial charge in [0.05, 0.1) is 0 Å². The Labute approximate surface area is 181 Å². The number of anilines is 1. The first-order chi connectivity index (χ1) is 14.0. The van der Waals surface area contributed by atoms with Crippen LogP contribution < -0.4 is 10.1 Å². The number of hydrogen-bond acceptors (Lipinski definition) is 3. The molecule has 0 bridgehead atoms. The first-order valence-corrected chi connectivity index (χ1v) is 10.9. The molecule has 5 heteroatoms. The lowest BCUT2D eigenvalue weighted by atomic mass is 10.1. The van der Waals surface area contributed by atoms with Crippen molar-refractivity contribution in [3.63, 3.8) is 0 Å². The highest BCUT2D eigenvalue weighted by atomic mass is 35.5. The second kappa shape index (κ2) is 10.4. The molecule has 29 heavy (non-hydrogen) atoms. The van der Waals surface area contributed by atoms with Gasteiger partial charge in [-0.3, -0.25) is 4.79 Å². The van der Waals surface area contributed by atoms with Crippen molar-refractivity contribution < 1.29 is 9.53 Å². The van der Waals surface area contributed by atoms with Gasteiger partial charge in [0.25, 0.3) is 5.91 Å². The molecule has 0 saturated heterocycles. The summed E-state index contributed by atoms with van der Waals surface area (Å²) < 4.78 is 5.83. The predicted octanol–water partition coefficient (Wildman–Crippen LogP) is 6.74. The van der Waals surface area contributed by atoms with Gasteiger partial charge in [-0.1, -0.05) is 48.9 Å². The van der Waals surface area contributed by atoms with E-state index in [1.807, 2.05) is 38.1 Å². The van der Waals surface area contributed by atoms with E-state index >= 15 is 0 Å². The fourth-order valence-electron chi connectivity index (χ4n) is 2.85. The Kier molecular flexibility index (Phi) is 7.62. The third-order valence-corrected chi connectivity index (χ3v) is 5.79. The van der Waals surface area contributed by atoms with Crippen LogP contribution in [0.5, 0.6) is 5.75 Å². The molecule has 150 valence electrons. The smallest absolute Gasteiger partial charge is 0.265 e. The second-order valence-corrected chi connectivity index (χ2v) is 8.19. The summed E-state index contributed by atoms with van der Waals surface area (Å²) >= 11 is 7.70. The lowest BCUT2D eigenvalue weighted by Crippen LogP contribution is -2.32. The third-order valence-electron chi connectivity index (χ3n) is 4.45. The highest BCUT2D eigenvalue weighted by Crippen LogP contribution is 2.25. The number of ether oxygens (including phenoxy) is 1. The van der Waals surface area contributed by atoms with Crippen molar-refractivity contribution in [2.75, 3.05) is 5.32 Å². The van der Waals surface area contributed by atoms with Crippen LogP contribution in [0.4, 0.5) is 5.69 Å². The molecule has 3 aromatic carbocycles. The van der Waals surface area contributed by atoms with Gasteiger partial charge in [0.15, 0.2) is 6.10 Å². The Morgan fingerprint density at radius 3 is 2.45 bits per heavy atom. The van der Waals surface area contributed by atoms with Gasteiger partial charge in [0.1, 0.15) is 5.75 Å². The Hall–Kier alpha value is -2.43. The molecule has 0 saturated carbocycles.